The Morgan fingerprint density at radius 1 is 0.551 bits per heavy atom. The molecule has 49 heavy (non-hydrogen) atoms. The van der Waals surface area contributed by atoms with Crippen LogP contribution in [-0.2, 0) is 6.54 Å². The van der Waals surface area contributed by atoms with E-state index < -0.39 is 5.69 Å². The van der Waals surface area contributed by atoms with E-state index >= 15 is 0 Å². The number of hydrogen-bond donors (Lipinski definition) is 3. The molecular weight excluding hydrogens is 653 g/mol. The van der Waals surface area contributed by atoms with Crippen LogP contribution in [0.3, 0.4) is 0 Å². The van der Waals surface area contributed by atoms with Crippen LogP contribution >= 0.6 is 23.5 Å². The minimum atomic E-state index is -0.466. The molecule has 0 aliphatic heterocycles. The standard InChI is InChI=1S/C24H28N2O2S.C15H18N2O2S/c1-14(2)21-22(27)25-24(28)26(13-19-9-15(3)7-16(4)10-19)23(21)29-20-11-17(5)8-18(6)12-20;1-8(2)12-13(18)16-15(19)17-14(12)20-11-6-9(3)5-10(4)7-11/h7-12,14H,13H2,1-6H3,(H,25,27,28);5-8H,1-4H3,(H2,16,17,18,19). The molecule has 258 valence electrons. The largest absolute Gasteiger partial charge is 0.329 e. The lowest BCUT2D eigenvalue weighted by atomic mass is 10.1. The van der Waals surface area contributed by atoms with Crippen molar-refractivity contribution in [2.75, 3.05) is 0 Å². The molecule has 5 aromatic rings. The Morgan fingerprint density at radius 3 is 1.45 bits per heavy atom. The fourth-order valence-corrected chi connectivity index (χ4v) is 8.68. The van der Waals surface area contributed by atoms with Gasteiger partial charge in [0.15, 0.2) is 0 Å². The minimum Gasteiger partial charge on any atom is -0.301 e. The second-order valence-corrected chi connectivity index (χ2v) is 15.5. The zero-order chi connectivity index (χ0) is 36.2. The van der Waals surface area contributed by atoms with E-state index in [1.54, 1.807) is 4.57 Å². The first-order valence-electron chi connectivity index (χ1n) is 16.3. The lowest BCUT2D eigenvalue weighted by molar-refractivity contribution is 0.617. The van der Waals surface area contributed by atoms with E-state index in [-0.39, 0.29) is 28.6 Å². The van der Waals surface area contributed by atoms with E-state index in [1.807, 2.05) is 53.7 Å². The molecule has 0 aliphatic rings. The summed E-state index contributed by atoms with van der Waals surface area (Å²) in [6, 6.07) is 18.8. The van der Waals surface area contributed by atoms with Crippen LogP contribution in [0.15, 0.2) is 93.6 Å². The number of hydrogen-bond acceptors (Lipinski definition) is 6. The molecule has 5 rings (SSSR count). The SMILES string of the molecule is Cc1cc(C)cc(Cn2c(Sc3cc(C)cc(C)c3)c(C(C)C)c(=O)[nH]c2=O)c1.Cc1cc(C)cc(Sc2[nH]c(=O)[nH]c(=O)c2C(C)C)c1. The Labute approximate surface area is 295 Å². The third kappa shape index (κ3) is 9.89. The summed E-state index contributed by atoms with van der Waals surface area (Å²) in [7, 11) is 0. The maximum Gasteiger partial charge on any atom is 0.329 e. The van der Waals surface area contributed by atoms with Crippen molar-refractivity contribution in [1.29, 1.82) is 0 Å². The highest BCUT2D eigenvalue weighted by Gasteiger charge is 2.20. The predicted molar refractivity (Wildman–Crippen MR) is 202 cm³/mol. The summed E-state index contributed by atoms with van der Waals surface area (Å²) in [5, 5.41) is 1.34. The van der Waals surface area contributed by atoms with Gasteiger partial charge in [-0.15, -0.1) is 0 Å². The molecule has 2 aromatic heterocycles. The van der Waals surface area contributed by atoms with Crippen LogP contribution in [0.4, 0.5) is 0 Å². The molecule has 0 fully saturated rings. The fraction of sp³-hybridized carbons (Fsp3) is 0.333. The van der Waals surface area contributed by atoms with Gasteiger partial charge in [-0.1, -0.05) is 92.7 Å². The van der Waals surface area contributed by atoms with E-state index in [2.05, 4.69) is 85.1 Å². The van der Waals surface area contributed by atoms with Gasteiger partial charge in [-0.2, -0.15) is 0 Å². The molecule has 0 spiro atoms. The maximum absolute atomic E-state index is 12.8. The van der Waals surface area contributed by atoms with Crippen molar-refractivity contribution < 1.29 is 0 Å². The summed E-state index contributed by atoms with van der Waals surface area (Å²) in [6.45, 7) is 20.6. The van der Waals surface area contributed by atoms with Crippen LogP contribution in [0.1, 0.15) is 89.6 Å². The highest BCUT2D eigenvalue weighted by atomic mass is 32.2. The topological polar surface area (TPSA) is 121 Å². The lowest BCUT2D eigenvalue weighted by Gasteiger charge is -2.18. The van der Waals surface area contributed by atoms with Crippen LogP contribution in [0.2, 0.25) is 0 Å². The Kier molecular flexibility index (Phi) is 12.2. The molecule has 0 saturated heterocycles. The molecule has 10 heteroatoms. The van der Waals surface area contributed by atoms with Crippen molar-refractivity contribution in [2.24, 2.45) is 0 Å². The molecule has 2 heterocycles. The van der Waals surface area contributed by atoms with Crippen molar-refractivity contribution in [1.82, 2.24) is 19.5 Å². The number of aromatic amines is 3. The first-order chi connectivity index (χ1) is 23.0. The predicted octanol–water partition coefficient (Wildman–Crippen LogP) is 8.05. The normalized spacial score (nSPS) is 11.2. The van der Waals surface area contributed by atoms with Crippen LogP contribution in [0.25, 0.3) is 0 Å². The van der Waals surface area contributed by atoms with Crippen LogP contribution in [-0.4, -0.2) is 19.5 Å². The number of rotatable bonds is 8. The van der Waals surface area contributed by atoms with Gasteiger partial charge in [-0.3, -0.25) is 24.1 Å². The van der Waals surface area contributed by atoms with Gasteiger partial charge in [0.25, 0.3) is 11.1 Å². The Bertz CT molecular complexity index is 2160. The summed E-state index contributed by atoms with van der Waals surface area (Å²) in [5.74, 6) is 0.0438. The monoisotopic (exact) mass is 698 g/mol. The van der Waals surface area contributed by atoms with Crippen LogP contribution in [0, 0.1) is 41.5 Å². The van der Waals surface area contributed by atoms with Crippen molar-refractivity contribution in [3.8, 4) is 0 Å². The van der Waals surface area contributed by atoms with Gasteiger partial charge in [0.2, 0.25) is 0 Å². The van der Waals surface area contributed by atoms with Crippen LogP contribution in [0.5, 0.6) is 0 Å². The quantitative estimate of drug-likeness (QED) is 0.141. The fourth-order valence-electron chi connectivity index (χ4n) is 5.97. The first kappa shape index (κ1) is 37.5. The lowest BCUT2D eigenvalue weighted by Crippen LogP contribution is -2.34. The number of nitrogens with zero attached hydrogens (tertiary/aromatic N) is 1. The zero-order valence-electron chi connectivity index (χ0n) is 30.0. The van der Waals surface area contributed by atoms with Crippen LogP contribution < -0.4 is 22.5 Å². The van der Waals surface area contributed by atoms with Gasteiger partial charge in [0.05, 0.1) is 27.7 Å². The van der Waals surface area contributed by atoms with E-state index in [1.165, 1.54) is 23.5 Å². The Hall–Kier alpha value is -4.28. The van der Waals surface area contributed by atoms with Gasteiger partial charge in [-0.05, 0) is 105 Å². The molecule has 0 aliphatic carbocycles. The second-order valence-electron chi connectivity index (χ2n) is 13.4. The highest BCUT2D eigenvalue weighted by molar-refractivity contribution is 7.99. The zero-order valence-corrected chi connectivity index (χ0v) is 31.6. The van der Waals surface area contributed by atoms with E-state index in [4.69, 9.17) is 0 Å². The van der Waals surface area contributed by atoms with Crippen molar-refractivity contribution in [2.45, 2.75) is 107 Å². The second kappa shape index (κ2) is 16.0. The number of aryl methyl sites for hydroxylation is 6. The molecule has 0 unspecified atom stereocenters. The van der Waals surface area contributed by atoms with Gasteiger partial charge in [-0.25, -0.2) is 9.59 Å². The first-order valence-corrected chi connectivity index (χ1v) is 18.0. The van der Waals surface area contributed by atoms with Gasteiger partial charge < -0.3 is 4.98 Å². The molecule has 0 saturated carbocycles. The molecule has 0 atom stereocenters. The smallest absolute Gasteiger partial charge is 0.301 e. The van der Waals surface area contributed by atoms with Crippen molar-refractivity contribution in [3.05, 3.63) is 146 Å². The van der Waals surface area contributed by atoms with Gasteiger partial charge in [0.1, 0.15) is 0 Å². The molecule has 3 N–H and O–H groups in total. The summed E-state index contributed by atoms with van der Waals surface area (Å²) >= 11 is 2.92. The summed E-state index contributed by atoms with van der Waals surface area (Å²) in [6.07, 6.45) is 0. The molecule has 3 aromatic carbocycles. The van der Waals surface area contributed by atoms with Gasteiger partial charge in [0, 0.05) is 9.79 Å². The summed E-state index contributed by atoms with van der Waals surface area (Å²) in [4.78, 5) is 58.5. The Balaban J connectivity index is 0.000000237. The number of H-pyrrole nitrogens is 3. The molecular formula is C39H46N4O4S2. The summed E-state index contributed by atoms with van der Waals surface area (Å²) < 4.78 is 1.70. The minimum absolute atomic E-state index is 0.00162. The van der Waals surface area contributed by atoms with E-state index in [0.29, 0.717) is 22.7 Å². The average molecular weight is 699 g/mol. The molecule has 0 amide bonds. The number of benzene rings is 3. The maximum atomic E-state index is 12.8. The summed E-state index contributed by atoms with van der Waals surface area (Å²) in [5.41, 5.74) is 7.83. The third-order valence-corrected chi connectivity index (χ3v) is 9.83. The third-order valence-electron chi connectivity index (χ3n) is 7.73. The van der Waals surface area contributed by atoms with E-state index in [0.717, 1.165) is 53.8 Å². The number of nitrogens with one attached hydrogen (secondary N) is 3. The molecule has 0 bridgehead atoms. The molecule has 0 radical (unpaired) electrons. The number of aromatic nitrogens is 4. The van der Waals surface area contributed by atoms with Gasteiger partial charge >= 0.3 is 11.4 Å². The van der Waals surface area contributed by atoms with Crippen molar-refractivity contribution >= 4 is 23.5 Å². The van der Waals surface area contributed by atoms with Crippen molar-refractivity contribution in [3.63, 3.8) is 0 Å². The Morgan fingerprint density at radius 2 is 0.980 bits per heavy atom. The highest BCUT2D eigenvalue weighted by Crippen LogP contribution is 2.33. The molecule has 8 nitrogen and oxygen atoms in total. The average Bonchev–Trinajstić information content (AvgIpc) is 2.93. The van der Waals surface area contributed by atoms with E-state index in [9.17, 15) is 19.2 Å².